The van der Waals surface area contributed by atoms with Crippen LogP contribution >= 0.6 is 12.2 Å². The Labute approximate surface area is 183 Å². The van der Waals surface area contributed by atoms with E-state index in [4.69, 9.17) is 21.7 Å². The number of rotatable bonds is 3. The largest absolute Gasteiger partial charge is 0.486 e. The highest BCUT2D eigenvalue weighted by Gasteiger charge is 2.15. The van der Waals surface area contributed by atoms with Crippen molar-refractivity contribution in [3.8, 4) is 22.9 Å². The van der Waals surface area contributed by atoms with Gasteiger partial charge < -0.3 is 19.8 Å². The Balaban J connectivity index is 1.23. The molecule has 0 spiro atoms. The number of imidazole rings is 1. The van der Waals surface area contributed by atoms with Gasteiger partial charge in [-0.15, -0.1) is 0 Å². The maximum Gasteiger partial charge on any atom is 0.257 e. The van der Waals surface area contributed by atoms with Crippen molar-refractivity contribution in [1.82, 2.24) is 15.3 Å². The summed E-state index contributed by atoms with van der Waals surface area (Å²) in [6, 6.07) is 20.6. The molecular formula is C23H18N4O3S. The fourth-order valence-electron chi connectivity index (χ4n) is 3.32. The molecule has 0 bridgehead atoms. The zero-order valence-electron chi connectivity index (χ0n) is 16.3. The van der Waals surface area contributed by atoms with E-state index in [-0.39, 0.29) is 11.0 Å². The third-order valence-electron chi connectivity index (χ3n) is 4.84. The molecule has 0 radical (unpaired) electrons. The molecule has 2 heterocycles. The van der Waals surface area contributed by atoms with Gasteiger partial charge in [-0.3, -0.25) is 10.1 Å². The summed E-state index contributed by atoms with van der Waals surface area (Å²) in [5.41, 5.74) is 4.06. The number of hydrogen-bond donors (Lipinski definition) is 3. The molecule has 3 N–H and O–H groups in total. The molecule has 0 saturated carbocycles. The van der Waals surface area contributed by atoms with Crippen molar-refractivity contribution in [2.45, 2.75) is 0 Å². The molecule has 1 aromatic heterocycles. The van der Waals surface area contributed by atoms with Gasteiger partial charge in [-0.05, 0) is 66.8 Å². The van der Waals surface area contributed by atoms with Gasteiger partial charge in [-0.1, -0.05) is 12.1 Å². The van der Waals surface area contributed by atoms with Crippen LogP contribution in [0.2, 0.25) is 0 Å². The summed E-state index contributed by atoms with van der Waals surface area (Å²) in [5.74, 6) is 1.66. The van der Waals surface area contributed by atoms with Crippen molar-refractivity contribution in [1.29, 1.82) is 0 Å². The van der Waals surface area contributed by atoms with E-state index >= 15 is 0 Å². The Morgan fingerprint density at radius 3 is 2.55 bits per heavy atom. The van der Waals surface area contributed by atoms with Crippen LogP contribution in [0.15, 0.2) is 66.7 Å². The van der Waals surface area contributed by atoms with Crippen molar-refractivity contribution in [3.63, 3.8) is 0 Å². The second kappa shape index (κ2) is 8.08. The first-order valence-corrected chi connectivity index (χ1v) is 10.1. The number of amides is 1. The van der Waals surface area contributed by atoms with E-state index < -0.39 is 0 Å². The molecule has 31 heavy (non-hydrogen) atoms. The lowest BCUT2D eigenvalue weighted by molar-refractivity contribution is 0.0976. The van der Waals surface area contributed by atoms with E-state index in [0.717, 1.165) is 28.1 Å². The molecule has 1 aliphatic rings. The second-order valence-electron chi connectivity index (χ2n) is 6.95. The van der Waals surface area contributed by atoms with Gasteiger partial charge in [-0.2, -0.15) is 0 Å². The van der Waals surface area contributed by atoms with Gasteiger partial charge >= 0.3 is 0 Å². The lowest BCUT2D eigenvalue weighted by Crippen LogP contribution is -2.34. The molecule has 1 aliphatic heterocycles. The predicted molar refractivity (Wildman–Crippen MR) is 123 cm³/mol. The smallest absolute Gasteiger partial charge is 0.257 e. The molecule has 154 valence electrons. The van der Waals surface area contributed by atoms with Gasteiger partial charge in [0.15, 0.2) is 16.6 Å². The first kappa shape index (κ1) is 19.1. The fourth-order valence-corrected chi connectivity index (χ4v) is 3.53. The molecule has 0 fully saturated rings. The van der Waals surface area contributed by atoms with Crippen molar-refractivity contribution in [2.24, 2.45) is 0 Å². The number of fused-ring (bicyclic) bond motifs is 2. The number of carbonyl (C=O) groups is 1. The summed E-state index contributed by atoms with van der Waals surface area (Å²) >= 11 is 5.29. The molecule has 8 heteroatoms. The minimum absolute atomic E-state index is 0.205. The molecule has 5 rings (SSSR count). The van der Waals surface area contributed by atoms with Gasteiger partial charge in [-0.25, -0.2) is 4.98 Å². The van der Waals surface area contributed by atoms with E-state index in [9.17, 15) is 4.79 Å². The molecule has 0 atom stereocenters. The van der Waals surface area contributed by atoms with Crippen LogP contribution in [0.4, 0.5) is 5.69 Å². The number of aromatic nitrogens is 2. The van der Waals surface area contributed by atoms with Crippen LogP contribution in [0.5, 0.6) is 11.5 Å². The average molecular weight is 430 g/mol. The van der Waals surface area contributed by atoms with Crippen LogP contribution in [0.3, 0.4) is 0 Å². The highest BCUT2D eigenvalue weighted by atomic mass is 32.1. The summed E-state index contributed by atoms with van der Waals surface area (Å²) in [6.07, 6.45) is 0. The minimum atomic E-state index is -0.326. The van der Waals surface area contributed by atoms with Crippen molar-refractivity contribution < 1.29 is 14.3 Å². The molecule has 0 unspecified atom stereocenters. The van der Waals surface area contributed by atoms with E-state index in [2.05, 4.69) is 20.6 Å². The van der Waals surface area contributed by atoms with Gasteiger partial charge in [0.25, 0.3) is 5.91 Å². The standard InChI is InChI=1S/C23H18N4O3S/c28-22(15-7-10-19-20(13-15)30-12-11-29-19)27-23(31)24-16-8-5-14(6-9-16)21-25-17-3-1-2-4-18(17)26-21/h1-10,13H,11-12H2,(H,25,26)(H2,24,27,28,31). The summed E-state index contributed by atoms with van der Waals surface area (Å²) in [7, 11) is 0. The van der Waals surface area contributed by atoms with E-state index in [1.54, 1.807) is 18.2 Å². The highest BCUT2D eigenvalue weighted by Crippen LogP contribution is 2.30. The monoisotopic (exact) mass is 430 g/mol. The Bertz CT molecular complexity index is 1250. The Kier molecular flexibility index (Phi) is 4.97. The average Bonchev–Trinajstić information content (AvgIpc) is 3.23. The van der Waals surface area contributed by atoms with Gasteiger partial charge in [0, 0.05) is 16.8 Å². The number of anilines is 1. The van der Waals surface area contributed by atoms with Crippen molar-refractivity contribution in [3.05, 3.63) is 72.3 Å². The SMILES string of the molecule is O=C(NC(=S)Nc1ccc(-c2nc3ccccc3[nH]2)cc1)c1ccc2c(c1)OCCO2. The number of thiocarbonyl (C=S) groups is 1. The Morgan fingerprint density at radius 1 is 0.968 bits per heavy atom. The van der Waals surface area contributed by atoms with Crippen LogP contribution in [0, 0.1) is 0 Å². The number of aromatic amines is 1. The number of benzene rings is 3. The maximum atomic E-state index is 12.5. The van der Waals surface area contributed by atoms with Gasteiger partial charge in [0.05, 0.1) is 11.0 Å². The molecule has 0 saturated heterocycles. The predicted octanol–water partition coefficient (Wildman–Crippen LogP) is 4.13. The number of nitrogens with one attached hydrogen (secondary N) is 3. The first-order chi connectivity index (χ1) is 15.2. The van der Waals surface area contributed by atoms with Crippen LogP contribution in [-0.2, 0) is 0 Å². The number of para-hydroxylation sites is 2. The quantitative estimate of drug-likeness (QED) is 0.424. The molecule has 0 aliphatic carbocycles. The molecule has 1 amide bonds. The number of H-pyrrole nitrogens is 1. The summed E-state index contributed by atoms with van der Waals surface area (Å²) in [4.78, 5) is 20.4. The summed E-state index contributed by atoms with van der Waals surface area (Å²) in [6.45, 7) is 0.962. The van der Waals surface area contributed by atoms with Crippen LogP contribution < -0.4 is 20.1 Å². The van der Waals surface area contributed by atoms with Gasteiger partial charge in [0.2, 0.25) is 0 Å². The second-order valence-corrected chi connectivity index (χ2v) is 7.35. The Hall–Kier alpha value is -3.91. The topological polar surface area (TPSA) is 88.3 Å². The number of nitrogens with zero attached hydrogens (tertiary/aromatic N) is 1. The highest BCUT2D eigenvalue weighted by molar-refractivity contribution is 7.80. The lowest BCUT2D eigenvalue weighted by Gasteiger charge is -2.18. The van der Waals surface area contributed by atoms with Crippen molar-refractivity contribution in [2.75, 3.05) is 18.5 Å². The fraction of sp³-hybridized carbons (Fsp3) is 0.0870. The van der Waals surface area contributed by atoms with Crippen molar-refractivity contribution >= 4 is 40.0 Å². The molecule has 3 aromatic carbocycles. The Morgan fingerprint density at radius 2 is 1.74 bits per heavy atom. The van der Waals surface area contributed by atoms with Crippen LogP contribution in [-0.4, -0.2) is 34.2 Å². The number of hydrogen-bond acceptors (Lipinski definition) is 5. The van der Waals surface area contributed by atoms with Crippen LogP contribution in [0.1, 0.15) is 10.4 Å². The minimum Gasteiger partial charge on any atom is -0.486 e. The third-order valence-corrected chi connectivity index (χ3v) is 5.04. The number of ether oxygens (including phenoxy) is 2. The summed E-state index contributed by atoms with van der Waals surface area (Å²) in [5, 5.41) is 5.91. The van der Waals surface area contributed by atoms with E-state index in [1.807, 2.05) is 48.5 Å². The van der Waals surface area contributed by atoms with Gasteiger partial charge in [0.1, 0.15) is 19.0 Å². The van der Waals surface area contributed by atoms with Crippen LogP contribution in [0.25, 0.3) is 22.4 Å². The molecule has 4 aromatic rings. The van der Waals surface area contributed by atoms with E-state index in [0.29, 0.717) is 30.3 Å². The van der Waals surface area contributed by atoms with E-state index in [1.165, 1.54) is 0 Å². The normalized spacial score (nSPS) is 12.4. The first-order valence-electron chi connectivity index (χ1n) is 9.73. The maximum absolute atomic E-state index is 12.5. The lowest BCUT2D eigenvalue weighted by atomic mass is 10.2. The molecular weight excluding hydrogens is 412 g/mol. The summed E-state index contributed by atoms with van der Waals surface area (Å²) < 4.78 is 11.0. The molecule has 7 nitrogen and oxygen atoms in total. The zero-order valence-corrected chi connectivity index (χ0v) is 17.2. The number of carbonyl (C=O) groups excluding carboxylic acids is 1. The third kappa shape index (κ3) is 4.06. The zero-order chi connectivity index (χ0) is 21.2.